The summed E-state index contributed by atoms with van der Waals surface area (Å²) in [6.07, 6.45) is 0. The summed E-state index contributed by atoms with van der Waals surface area (Å²) >= 11 is 6.05. The fourth-order valence-electron chi connectivity index (χ4n) is 1.77. The van der Waals surface area contributed by atoms with Crippen molar-refractivity contribution in [2.75, 3.05) is 0 Å². The molecule has 5 heteroatoms. The van der Waals surface area contributed by atoms with E-state index in [0.717, 1.165) is 5.69 Å². The van der Waals surface area contributed by atoms with Crippen LogP contribution in [0.2, 0.25) is 5.02 Å². The maximum atomic E-state index is 12.0. The number of halogens is 1. The molecule has 0 bridgehead atoms. The lowest BCUT2D eigenvalue weighted by Crippen LogP contribution is -2.23. The van der Waals surface area contributed by atoms with E-state index in [4.69, 9.17) is 16.9 Å². The molecule has 0 fully saturated rings. The van der Waals surface area contributed by atoms with Gasteiger partial charge in [0.25, 0.3) is 5.56 Å². The van der Waals surface area contributed by atoms with E-state index in [-0.39, 0.29) is 16.1 Å². The Bertz CT molecular complexity index is 697. The summed E-state index contributed by atoms with van der Waals surface area (Å²) in [6, 6.07) is 5.44. The van der Waals surface area contributed by atoms with Crippen LogP contribution in [-0.4, -0.2) is 9.55 Å². The fourth-order valence-corrected chi connectivity index (χ4v) is 2.04. The van der Waals surface area contributed by atoms with Gasteiger partial charge in [0.1, 0.15) is 17.3 Å². The van der Waals surface area contributed by atoms with E-state index < -0.39 is 0 Å². The highest BCUT2D eigenvalue weighted by molar-refractivity contribution is 6.36. The highest BCUT2D eigenvalue weighted by atomic mass is 35.5. The van der Waals surface area contributed by atoms with Crippen molar-refractivity contribution in [3.63, 3.8) is 0 Å². The zero-order valence-corrected chi connectivity index (χ0v) is 10.2. The predicted molar refractivity (Wildman–Crippen MR) is 66.1 cm³/mol. The molecule has 0 aromatic carbocycles. The van der Waals surface area contributed by atoms with Crippen LogP contribution in [0.1, 0.15) is 18.2 Å². The van der Waals surface area contributed by atoms with Gasteiger partial charge in [-0.25, -0.2) is 4.98 Å². The standard InChI is InChI=1S/C12H10ClN3O/c1-3-16-11-8(5-4-7(2)15-11)10(13)9(6-14)12(16)17/h4-5H,3H2,1-2H3. The van der Waals surface area contributed by atoms with Crippen LogP contribution >= 0.6 is 11.6 Å². The summed E-state index contributed by atoms with van der Waals surface area (Å²) in [5.74, 6) is 0. The van der Waals surface area contributed by atoms with Crippen LogP contribution < -0.4 is 5.56 Å². The van der Waals surface area contributed by atoms with Crippen LogP contribution in [0, 0.1) is 18.3 Å². The first-order valence-electron chi connectivity index (χ1n) is 5.20. The van der Waals surface area contributed by atoms with Crippen LogP contribution in [0.3, 0.4) is 0 Å². The molecule has 0 N–H and O–H groups in total. The zero-order chi connectivity index (χ0) is 12.6. The smallest absolute Gasteiger partial charge is 0.271 e. The van der Waals surface area contributed by atoms with Gasteiger partial charge in [-0.05, 0) is 26.0 Å². The Hall–Kier alpha value is -1.86. The lowest BCUT2D eigenvalue weighted by atomic mass is 10.2. The van der Waals surface area contributed by atoms with Crippen molar-refractivity contribution in [2.45, 2.75) is 20.4 Å². The largest absolute Gasteiger partial charge is 0.292 e. The number of pyridine rings is 2. The van der Waals surface area contributed by atoms with E-state index in [2.05, 4.69) is 4.98 Å². The molecule has 2 heterocycles. The Morgan fingerprint density at radius 2 is 2.24 bits per heavy atom. The lowest BCUT2D eigenvalue weighted by molar-refractivity contribution is 0.746. The minimum Gasteiger partial charge on any atom is -0.292 e. The van der Waals surface area contributed by atoms with Crippen molar-refractivity contribution in [2.24, 2.45) is 0 Å². The van der Waals surface area contributed by atoms with Gasteiger partial charge in [0.15, 0.2) is 0 Å². The van der Waals surface area contributed by atoms with Gasteiger partial charge in [-0.1, -0.05) is 11.6 Å². The molecule has 0 radical (unpaired) electrons. The first-order chi connectivity index (χ1) is 8.10. The molecule has 17 heavy (non-hydrogen) atoms. The van der Waals surface area contributed by atoms with Crippen LogP contribution in [0.15, 0.2) is 16.9 Å². The molecule has 0 aliphatic rings. The van der Waals surface area contributed by atoms with E-state index in [0.29, 0.717) is 17.6 Å². The lowest BCUT2D eigenvalue weighted by Gasteiger charge is -2.10. The minimum absolute atomic E-state index is 0.0216. The van der Waals surface area contributed by atoms with Gasteiger partial charge in [-0.3, -0.25) is 9.36 Å². The highest BCUT2D eigenvalue weighted by Gasteiger charge is 2.15. The van der Waals surface area contributed by atoms with Crippen molar-refractivity contribution in [1.29, 1.82) is 5.26 Å². The van der Waals surface area contributed by atoms with Crippen LogP contribution in [0.5, 0.6) is 0 Å². The first kappa shape index (κ1) is 11.6. The normalized spacial score (nSPS) is 10.5. The van der Waals surface area contributed by atoms with Crippen molar-refractivity contribution in [3.05, 3.63) is 38.8 Å². The van der Waals surface area contributed by atoms with Crippen molar-refractivity contribution in [1.82, 2.24) is 9.55 Å². The fraction of sp³-hybridized carbons (Fsp3) is 0.250. The number of hydrogen-bond donors (Lipinski definition) is 0. The minimum atomic E-state index is -0.384. The summed E-state index contributed by atoms with van der Waals surface area (Å²) in [5, 5.41) is 9.78. The number of aryl methyl sites for hydroxylation is 2. The number of hydrogen-bond acceptors (Lipinski definition) is 3. The van der Waals surface area contributed by atoms with Crippen LogP contribution in [0.25, 0.3) is 11.0 Å². The summed E-state index contributed by atoms with van der Waals surface area (Å²) in [4.78, 5) is 16.3. The maximum Gasteiger partial charge on any atom is 0.271 e. The van der Waals surface area contributed by atoms with E-state index in [9.17, 15) is 4.79 Å². The molecular formula is C12H10ClN3O. The maximum absolute atomic E-state index is 12.0. The van der Waals surface area contributed by atoms with Gasteiger partial charge >= 0.3 is 0 Å². The molecule has 2 aromatic rings. The average Bonchev–Trinajstić information content (AvgIpc) is 2.30. The molecule has 0 saturated heterocycles. The Labute approximate surface area is 103 Å². The Kier molecular flexibility index (Phi) is 2.86. The van der Waals surface area contributed by atoms with Crippen LogP contribution in [0.4, 0.5) is 0 Å². The van der Waals surface area contributed by atoms with Gasteiger partial charge in [0, 0.05) is 17.6 Å². The third-order valence-corrected chi connectivity index (χ3v) is 3.01. The highest BCUT2D eigenvalue weighted by Crippen LogP contribution is 2.23. The third kappa shape index (κ3) is 1.69. The third-order valence-electron chi connectivity index (χ3n) is 2.61. The Morgan fingerprint density at radius 1 is 1.53 bits per heavy atom. The second-order valence-electron chi connectivity index (χ2n) is 3.67. The molecule has 4 nitrogen and oxygen atoms in total. The van der Waals surface area contributed by atoms with Gasteiger partial charge in [0.2, 0.25) is 0 Å². The summed E-state index contributed by atoms with van der Waals surface area (Å²) in [7, 11) is 0. The molecule has 0 unspecified atom stereocenters. The predicted octanol–water partition coefficient (Wildman–Crippen LogP) is 2.25. The van der Waals surface area contributed by atoms with E-state index >= 15 is 0 Å². The van der Waals surface area contributed by atoms with Crippen molar-refractivity contribution >= 4 is 22.6 Å². The van der Waals surface area contributed by atoms with Gasteiger partial charge in [-0.2, -0.15) is 5.26 Å². The Balaban J connectivity index is 3.08. The zero-order valence-electron chi connectivity index (χ0n) is 9.49. The first-order valence-corrected chi connectivity index (χ1v) is 5.57. The molecule has 0 amide bonds. The number of nitriles is 1. The average molecular weight is 248 g/mol. The van der Waals surface area contributed by atoms with E-state index in [1.54, 1.807) is 12.1 Å². The molecule has 0 aliphatic heterocycles. The SMILES string of the molecule is CCn1c(=O)c(C#N)c(Cl)c2ccc(C)nc21. The number of nitrogens with zero attached hydrogens (tertiary/aromatic N) is 3. The molecule has 2 aromatic heterocycles. The Morgan fingerprint density at radius 3 is 2.82 bits per heavy atom. The van der Waals surface area contributed by atoms with Crippen molar-refractivity contribution in [3.8, 4) is 6.07 Å². The van der Waals surface area contributed by atoms with Gasteiger partial charge in [0.05, 0.1) is 5.02 Å². The summed E-state index contributed by atoms with van der Waals surface area (Å²) in [6.45, 7) is 4.13. The van der Waals surface area contributed by atoms with E-state index in [1.807, 2.05) is 19.9 Å². The number of aromatic nitrogens is 2. The molecule has 0 aliphatic carbocycles. The molecular weight excluding hydrogens is 238 g/mol. The second-order valence-corrected chi connectivity index (χ2v) is 4.05. The summed E-state index contributed by atoms with van der Waals surface area (Å²) in [5.41, 5.74) is 0.929. The van der Waals surface area contributed by atoms with Crippen LogP contribution in [-0.2, 0) is 6.54 Å². The second kappa shape index (κ2) is 4.19. The summed E-state index contributed by atoms with van der Waals surface area (Å²) < 4.78 is 1.47. The molecule has 2 rings (SSSR count). The number of fused-ring (bicyclic) bond motifs is 1. The monoisotopic (exact) mass is 247 g/mol. The quantitative estimate of drug-likeness (QED) is 0.777. The topological polar surface area (TPSA) is 58.7 Å². The number of rotatable bonds is 1. The van der Waals surface area contributed by atoms with Crippen molar-refractivity contribution < 1.29 is 0 Å². The van der Waals surface area contributed by atoms with Gasteiger partial charge < -0.3 is 0 Å². The molecule has 0 atom stereocenters. The molecule has 0 spiro atoms. The van der Waals surface area contributed by atoms with E-state index in [1.165, 1.54) is 4.57 Å². The van der Waals surface area contributed by atoms with Gasteiger partial charge in [-0.15, -0.1) is 0 Å². The molecule has 0 saturated carbocycles. The molecule has 86 valence electrons.